The molecule has 0 radical (unpaired) electrons. The highest BCUT2D eigenvalue weighted by Crippen LogP contribution is 2.40. The molecule has 174 valence electrons. The van der Waals surface area contributed by atoms with E-state index in [0.29, 0.717) is 11.3 Å². The molecule has 2 aliphatic heterocycles. The van der Waals surface area contributed by atoms with Gasteiger partial charge in [-0.15, -0.1) is 11.8 Å². The molecule has 0 aromatic heterocycles. The fourth-order valence-electron chi connectivity index (χ4n) is 2.62. The molecule has 2 heterocycles. The third-order valence-corrected chi connectivity index (χ3v) is 5.55. The Morgan fingerprint density at radius 2 is 1.81 bits per heavy atom. The van der Waals surface area contributed by atoms with E-state index in [2.05, 4.69) is 5.32 Å². The van der Waals surface area contributed by atoms with Crippen LogP contribution >= 0.6 is 11.8 Å². The summed E-state index contributed by atoms with van der Waals surface area (Å²) in [4.78, 5) is 46.4. The number of carboxylic acids is 2. The van der Waals surface area contributed by atoms with Gasteiger partial charge in [-0.1, -0.05) is 12.1 Å². The van der Waals surface area contributed by atoms with Crippen LogP contribution in [-0.4, -0.2) is 67.3 Å². The molecule has 1 aromatic carbocycles. The van der Waals surface area contributed by atoms with E-state index in [1.807, 2.05) is 0 Å². The maximum Gasteiger partial charge on any atom is 0.490 e. The van der Waals surface area contributed by atoms with E-state index in [-0.39, 0.29) is 5.70 Å². The molecule has 0 unspecified atom stereocenters. The molecule has 3 atom stereocenters. The number of halogens is 3. The van der Waals surface area contributed by atoms with Crippen molar-refractivity contribution in [3.8, 4) is 5.75 Å². The Balaban J connectivity index is 0.000000572. The summed E-state index contributed by atoms with van der Waals surface area (Å²) in [6.45, 7) is 1.61. The first-order chi connectivity index (χ1) is 16.4. The number of nitrogens with one attached hydrogen (secondary N) is 1. The van der Waals surface area contributed by atoms with E-state index in [9.17, 15) is 37.8 Å². The SMILES string of the molecule is O=C(O)C(F)(F)F.[2H]c1c([2H])c([C@@H](N)C(=O)N[C@@H]2C(=O)N3C(C(=O)O)=C(C)CS[C@H]23)c([2H])c([2H])c1O. The van der Waals surface area contributed by atoms with Crippen molar-refractivity contribution in [2.75, 3.05) is 5.75 Å². The van der Waals surface area contributed by atoms with Gasteiger partial charge in [0.1, 0.15) is 28.9 Å². The molecule has 2 amide bonds. The van der Waals surface area contributed by atoms with Gasteiger partial charge in [-0.2, -0.15) is 13.2 Å². The summed E-state index contributed by atoms with van der Waals surface area (Å²) in [6, 6.07) is -5.45. The average Bonchev–Trinajstić information content (AvgIpc) is 2.79. The van der Waals surface area contributed by atoms with Gasteiger partial charge < -0.3 is 26.4 Å². The molecule has 14 heteroatoms. The summed E-state index contributed by atoms with van der Waals surface area (Å²) in [6.07, 6.45) is -5.08. The van der Waals surface area contributed by atoms with Crippen molar-refractivity contribution < 1.29 is 53.2 Å². The number of β-lactam (4-membered cyclic amide) rings is 1. The first kappa shape index (κ1) is 19.4. The number of aliphatic carboxylic acids is 2. The van der Waals surface area contributed by atoms with E-state index < -0.39 is 82.9 Å². The molecule has 3 rings (SSSR count). The molecule has 1 saturated heterocycles. The predicted molar refractivity (Wildman–Crippen MR) is 104 cm³/mol. The summed E-state index contributed by atoms with van der Waals surface area (Å²) in [7, 11) is 0. The standard InChI is InChI=1S/C16H17N3O5S.C2HF3O2/c1-7-6-25-15-11(14(22)19(15)12(7)16(23)24)18-13(21)10(17)8-2-4-9(20)5-3-8;3-2(4,5)1(6)7/h2-5,10-11,15,20H,6,17H2,1H3,(H,18,21)(H,23,24);(H,6,7)/t10-,11-,15-;/m1./s1/i2D,3D,4D,5D;. The van der Waals surface area contributed by atoms with E-state index >= 15 is 0 Å². The number of rotatable bonds is 4. The van der Waals surface area contributed by atoms with Crippen LogP contribution in [0.4, 0.5) is 13.2 Å². The molecule has 0 aliphatic carbocycles. The van der Waals surface area contributed by atoms with Gasteiger partial charge in [-0.05, 0) is 30.1 Å². The first-order valence-corrected chi connectivity index (χ1v) is 9.51. The van der Waals surface area contributed by atoms with Gasteiger partial charge in [-0.3, -0.25) is 14.5 Å². The minimum Gasteiger partial charge on any atom is -0.508 e. The Morgan fingerprint density at radius 3 is 2.28 bits per heavy atom. The molecule has 1 fully saturated rings. The molecule has 32 heavy (non-hydrogen) atoms. The highest BCUT2D eigenvalue weighted by Gasteiger charge is 2.53. The van der Waals surface area contributed by atoms with Crippen LogP contribution in [0.1, 0.15) is 24.0 Å². The van der Waals surface area contributed by atoms with Crippen LogP contribution in [0.15, 0.2) is 35.4 Å². The number of hydrogen-bond acceptors (Lipinski definition) is 7. The number of carboxylic acid groups (broad SMARTS) is 2. The molecule has 0 spiro atoms. The maximum absolute atomic E-state index is 12.6. The molecule has 2 aliphatic rings. The van der Waals surface area contributed by atoms with Crippen molar-refractivity contribution in [2.24, 2.45) is 5.73 Å². The normalized spacial score (nSPS) is 22.7. The van der Waals surface area contributed by atoms with Crippen LogP contribution < -0.4 is 11.1 Å². The summed E-state index contributed by atoms with van der Waals surface area (Å²) < 4.78 is 62.7. The molecular formula is C18H18F3N3O7S. The molecule has 0 saturated carbocycles. The number of nitrogens with two attached hydrogens (primary N) is 1. The second-order valence-corrected chi connectivity index (χ2v) is 7.48. The van der Waals surface area contributed by atoms with Crippen molar-refractivity contribution in [3.05, 3.63) is 41.0 Å². The lowest BCUT2D eigenvalue weighted by Gasteiger charge is -2.49. The quantitative estimate of drug-likeness (QED) is 0.390. The maximum atomic E-state index is 12.6. The number of aromatic hydroxyl groups is 1. The summed E-state index contributed by atoms with van der Waals surface area (Å²) in [5.74, 6) is -6.03. The highest BCUT2D eigenvalue weighted by molar-refractivity contribution is 8.00. The zero-order chi connectivity index (χ0) is 27.9. The van der Waals surface area contributed by atoms with Crippen LogP contribution in [0.2, 0.25) is 0 Å². The van der Waals surface area contributed by atoms with E-state index in [1.165, 1.54) is 11.8 Å². The minimum atomic E-state index is -5.08. The zero-order valence-corrected chi connectivity index (χ0v) is 16.8. The van der Waals surface area contributed by atoms with Gasteiger partial charge in [0.2, 0.25) is 5.91 Å². The summed E-state index contributed by atoms with van der Waals surface area (Å²) in [5.41, 5.74) is 5.82. The minimum absolute atomic E-state index is 0.119. The third-order valence-electron chi connectivity index (χ3n) is 4.13. The van der Waals surface area contributed by atoms with Gasteiger partial charge in [-0.25, -0.2) is 9.59 Å². The lowest BCUT2D eigenvalue weighted by molar-refractivity contribution is -0.192. The van der Waals surface area contributed by atoms with Crippen LogP contribution in [0, 0.1) is 0 Å². The van der Waals surface area contributed by atoms with Gasteiger partial charge in [0, 0.05) is 5.75 Å². The number of amides is 2. The van der Waals surface area contributed by atoms with Crippen LogP contribution in [0.5, 0.6) is 5.75 Å². The third kappa shape index (κ3) is 5.31. The number of alkyl halides is 3. The van der Waals surface area contributed by atoms with Gasteiger partial charge >= 0.3 is 18.1 Å². The predicted octanol–water partition coefficient (Wildman–Crippen LogP) is 0.784. The molecular weight excluding hydrogens is 459 g/mol. The van der Waals surface area contributed by atoms with Crippen LogP contribution in [0.3, 0.4) is 0 Å². The number of fused-ring (bicyclic) bond motifs is 1. The smallest absolute Gasteiger partial charge is 0.490 e. The van der Waals surface area contributed by atoms with Crippen LogP contribution in [0.25, 0.3) is 0 Å². The highest BCUT2D eigenvalue weighted by atomic mass is 32.2. The number of carbonyl (C=O) groups is 4. The number of thioether (sulfide) groups is 1. The van der Waals surface area contributed by atoms with E-state index in [1.54, 1.807) is 6.92 Å². The number of carbonyl (C=O) groups excluding carboxylic acids is 2. The second kappa shape index (κ2) is 9.48. The molecule has 1 aromatic rings. The Hall–Kier alpha value is -3.26. The number of hydrogen-bond donors (Lipinski definition) is 5. The van der Waals surface area contributed by atoms with Gasteiger partial charge in [0.05, 0.1) is 5.48 Å². The largest absolute Gasteiger partial charge is 0.508 e. The van der Waals surface area contributed by atoms with Gasteiger partial charge in [0.15, 0.2) is 0 Å². The van der Waals surface area contributed by atoms with Crippen molar-refractivity contribution in [1.82, 2.24) is 10.2 Å². The van der Waals surface area contributed by atoms with Crippen molar-refractivity contribution >= 4 is 35.5 Å². The second-order valence-electron chi connectivity index (χ2n) is 6.37. The Morgan fingerprint density at radius 1 is 1.28 bits per heavy atom. The van der Waals surface area contributed by atoms with Crippen molar-refractivity contribution in [3.63, 3.8) is 0 Å². The number of phenolic OH excluding ortho intramolecular Hbond substituents is 1. The Labute approximate surface area is 188 Å². The molecule has 6 N–H and O–H groups in total. The fraction of sp³-hybridized carbons (Fsp3) is 0.333. The number of phenols is 1. The average molecular weight is 481 g/mol. The monoisotopic (exact) mass is 481 g/mol. The topological polar surface area (TPSA) is 170 Å². The number of benzene rings is 1. The first-order valence-electron chi connectivity index (χ1n) is 10.5. The van der Waals surface area contributed by atoms with Gasteiger partial charge in [0.25, 0.3) is 5.91 Å². The van der Waals surface area contributed by atoms with Crippen molar-refractivity contribution in [2.45, 2.75) is 30.6 Å². The summed E-state index contributed by atoms with van der Waals surface area (Å²) >= 11 is 1.28. The number of nitrogens with zero attached hydrogens (tertiary/aromatic N) is 1. The van der Waals surface area contributed by atoms with E-state index in [0.717, 1.165) is 4.90 Å². The molecule has 10 nitrogen and oxygen atoms in total. The summed E-state index contributed by atoms with van der Waals surface area (Å²) in [5, 5.41) is 27.8. The lowest BCUT2D eigenvalue weighted by atomic mass is 10.0. The van der Waals surface area contributed by atoms with Crippen LogP contribution in [-0.2, 0) is 19.2 Å². The van der Waals surface area contributed by atoms with Crippen molar-refractivity contribution in [1.29, 1.82) is 0 Å². The Kier molecular flexibility index (Phi) is 5.76. The zero-order valence-electron chi connectivity index (χ0n) is 20.0. The van der Waals surface area contributed by atoms with E-state index in [4.69, 9.17) is 21.1 Å². The molecule has 0 bridgehead atoms. The lowest BCUT2D eigenvalue weighted by Crippen LogP contribution is -2.71. The Bertz CT molecular complexity index is 1150. The fourth-order valence-corrected chi connectivity index (χ4v) is 3.91.